The van der Waals surface area contributed by atoms with E-state index in [1.165, 1.54) is 19.9 Å². The van der Waals surface area contributed by atoms with E-state index in [2.05, 4.69) is 6.58 Å². The minimum Gasteiger partial charge on any atom is -0.493 e. The highest BCUT2D eigenvalue weighted by Crippen LogP contribution is 2.28. The lowest BCUT2D eigenvalue weighted by molar-refractivity contribution is -0.159. The van der Waals surface area contributed by atoms with Crippen LogP contribution in [0.2, 0.25) is 0 Å². The van der Waals surface area contributed by atoms with Crippen molar-refractivity contribution in [2.75, 3.05) is 34.0 Å². The molecule has 1 saturated heterocycles. The molecule has 0 aliphatic carbocycles. The first kappa shape index (κ1) is 38.2. The maximum absolute atomic E-state index is 13.6. The minimum absolute atomic E-state index is 0.0361. The van der Waals surface area contributed by atoms with Gasteiger partial charge < -0.3 is 34.1 Å². The third-order valence-electron chi connectivity index (χ3n) is 7.33. The van der Waals surface area contributed by atoms with Crippen LogP contribution in [-0.4, -0.2) is 84.7 Å². The van der Waals surface area contributed by atoms with Gasteiger partial charge in [-0.25, -0.2) is 18.8 Å². The van der Waals surface area contributed by atoms with E-state index >= 15 is 0 Å². The van der Waals surface area contributed by atoms with E-state index in [0.717, 1.165) is 41.4 Å². The predicted octanol–water partition coefficient (Wildman–Crippen LogP) is 4.26. The maximum Gasteiger partial charge on any atom is 0.341 e. The lowest BCUT2D eigenvalue weighted by Crippen LogP contribution is -2.53. The van der Waals surface area contributed by atoms with Gasteiger partial charge in [0.15, 0.2) is 29.7 Å². The summed E-state index contributed by atoms with van der Waals surface area (Å²) in [7, 11) is 3.19. The van der Waals surface area contributed by atoms with Gasteiger partial charge in [0.1, 0.15) is 12.6 Å². The molecule has 1 atom stereocenters. The second-order valence-electron chi connectivity index (χ2n) is 11.4. The summed E-state index contributed by atoms with van der Waals surface area (Å²) >= 11 is 0. The summed E-state index contributed by atoms with van der Waals surface area (Å²) in [4.78, 5) is 58.6. The summed E-state index contributed by atoms with van der Waals surface area (Å²) in [5.74, 6) is -3.78. The summed E-state index contributed by atoms with van der Waals surface area (Å²) in [6.07, 6.45) is 5.05. The average Bonchev–Trinajstić information content (AvgIpc) is 3.06. The maximum atomic E-state index is 13.6. The molecule has 1 heterocycles. The molecule has 2 aromatic carbocycles. The van der Waals surface area contributed by atoms with E-state index in [4.69, 9.17) is 29.2 Å². The zero-order valence-electron chi connectivity index (χ0n) is 27.1. The number of aryl methyl sites for hydroxylation is 2. The third kappa shape index (κ3) is 11.7. The smallest absolute Gasteiger partial charge is 0.341 e. The Kier molecular flexibility index (Phi) is 14.9. The number of carbonyl (C=O) groups is 5. The molecule has 12 nitrogen and oxygen atoms in total. The van der Waals surface area contributed by atoms with Crippen molar-refractivity contribution < 1.29 is 57.5 Å². The lowest BCUT2D eigenvalue weighted by Gasteiger charge is -2.34. The first-order valence-corrected chi connectivity index (χ1v) is 14.9. The Bertz CT molecular complexity index is 1440. The van der Waals surface area contributed by atoms with Crippen LogP contribution in [0.1, 0.15) is 50.7 Å². The number of piperidine rings is 1. The summed E-state index contributed by atoms with van der Waals surface area (Å²) in [5, 5.41) is 17.8. The van der Waals surface area contributed by atoms with Crippen LogP contribution >= 0.6 is 0 Å². The van der Waals surface area contributed by atoms with Crippen molar-refractivity contribution in [1.29, 1.82) is 0 Å². The van der Waals surface area contributed by atoms with Crippen molar-refractivity contribution in [3.63, 3.8) is 0 Å². The molecule has 2 N–H and O–H groups in total. The molecule has 0 radical (unpaired) electrons. The molecular weight excluding hydrogens is 617 g/mol. The van der Waals surface area contributed by atoms with Gasteiger partial charge in [0, 0.05) is 12.6 Å². The quantitative estimate of drug-likeness (QED) is 0.159. The number of methoxy groups -OCH3 is 2. The highest BCUT2D eigenvalue weighted by Gasteiger charge is 2.41. The molecular formula is C34H42FNO11. The number of benzene rings is 2. The largest absolute Gasteiger partial charge is 0.493 e. The molecule has 2 aromatic rings. The first-order chi connectivity index (χ1) is 22.2. The van der Waals surface area contributed by atoms with Gasteiger partial charge in [-0.2, -0.15) is 0 Å². The van der Waals surface area contributed by atoms with Crippen molar-refractivity contribution in [2.24, 2.45) is 5.41 Å². The molecule has 0 bridgehead atoms. The number of carboxylic acids is 2. The van der Waals surface area contributed by atoms with Gasteiger partial charge in [0.25, 0.3) is 5.91 Å². The number of amides is 1. The Hall–Kier alpha value is -4.94. The molecule has 1 aliphatic heterocycles. The molecule has 47 heavy (non-hydrogen) atoms. The van der Waals surface area contributed by atoms with Crippen LogP contribution in [0.4, 0.5) is 4.39 Å². The highest BCUT2D eigenvalue weighted by molar-refractivity contribution is 6.38. The van der Waals surface area contributed by atoms with E-state index in [1.807, 2.05) is 18.2 Å². The lowest BCUT2D eigenvalue weighted by atomic mass is 9.87. The summed E-state index contributed by atoms with van der Waals surface area (Å²) in [6, 6.07) is 9.33. The summed E-state index contributed by atoms with van der Waals surface area (Å²) < 4.78 is 33.9. The van der Waals surface area contributed by atoms with Crippen LogP contribution in [0.25, 0.3) is 0 Å². The van der Waals surface area contributed by atoms with Crippen molar-refractivity contribution in [1.82, 2.24) is 4.90 Å². The molecule has 13 heteroatoms. The van der Waals surface area contributed by atoms with Crippen LogP contribution in [0.3, 0.4) is 0 Å². The Labute approximate surface area is 273 Å². The van der Waals surface area contributed by atoms with Crippen LogP contribution in [0.5, 0.6) is 17.2 Å². The molecule has 1 aliphatic rings. The number of likely N-dealkylation sites (tertiary alicyclic amines) is 1. The van der Waals surface area contributed by atoms with Crippen LogP contribution in [-0.2, 0) is 41.6 Å². The number of Topliss-reactive ketones (excluding diaryl/α,β-unsaturated/α-hetero) is 1. The number of nitrogens with zero attached hydrogens (tertiary/aromatic N) is 1. The predicted molar refractivity (Wildman–Crippen MR) is 168 cm³/mol. The third-order valence-corrected chi connectivity index (χ3v) is 7.33. The fourth-order valence-corrected chi connectivity index (χ4v) is 4.71. The molecule has 3 rings (SSSR count). The second-order valence-corrected chi connectivity index (χ2v) is 11.4. The van der Waals surface area contributed by atoms with E-state index in [0.29, 0.717) is 30.8 Å². The fourth-order valence-electron chi connectivity index (χ4n) is 4.71. The van der Waals surface area contributed by atoms with E-state index in [9.17, 15) is 28.4 Å². The zero-order chi connectivity index (χ0) is 35.1. The number of ether oxygens (including phenoxy) is 4. The van der Waals surface area contributed by atoms with Crippen LogP contribution in [0.15, 0.2) is 49.1 Å². The molecule has 0 spiro atoms. The molecule has 1 amide bonds. The van der Waals surface area contributed by atoms with Gasteiger partial charge in [-0.3, -0.25) is 9.59 Å². The Balaban J connectivity index is 0.000000330. The van der Waals surface area contributed by atoms with Gasteiger partial charge in [-0.05, 0) is 87.8 Å². The van der Waals surface area contributed by atoms with Gasteiger partial charge in [0.05, 0.1) is 19.6 Å². The van der Waals surface area contributed by atoms with Crippen molar-refractivity contribution in [3.8, 4) is 17.2 Å². The first-order valence-electron chi connectivity index (χ1n) is 14.9. The zero-order valence-corrected chi connectivity index (χ0v) is 27.1. The SMILES string of the molecule is C=CC(=O)OCC(C)(C)C(=O)C(=O)N1CCCCC1C(=O)O.COc1ccc(CCCc2ccc(F)c(OCC(=O)O)c2)cc1OC. The second kappa shape index (κ2) is 18.3. The monoisotopic (exact) mass is 659 g/mol. The molecule has 0 aromatic heterocycles. The number of rotatable bonds is 15. The minimum atomic E-state index is -1.23. The van der Waals surface area contributed by atoms with Crippen LogP contribution < -0.4 is 14.2 Å². The Morgan fingerprint density at radius 1 is 0.957 bits per heavy atom. The summed E-state index contributed by atoms with van der Waals surface area (Å²) in [5.41, 5.74) is 0.778. The topological polar surface area (TPSA) is 166 Å². The Morgan fingerprint density at radius 3 is 2.15 bits per heavy atom. The van der Waals surface area contributed by atoms with Gasteiger partial charge >= 0.3 is 17.9 Å². The molecule has 0 saturated carbocycles. The van der Waals surface area contributed by atoms with Gasteiger partial charge in [-0.15, -0.1) is 0 Å². The fraction of sp³-hybridized carbons (Fsp3) is 0.441. The van der Waals surface area contributed by atoms with E-state index in [1.54, 1.807) is 26.4 Å². The molecule has 1 unspecified atom stereocenters. The number of hydrogen-bond donors (Lipinski definition) is 2. The Morgan fingerprint density at radius 2 is 1.57 bits per heavy atom. The van der Waals surface area contributed by atoms with Crippen molar-refractivity contribution in [2.45, 2.75) is 58.4 Å². The van der Waals surface area contributed by atoms with Gasteiger partial charge in [0.2, 0.25) is 5.78 Å². The van der Waals surface area contributed by atoms with E-state index in [-0.39, 0.29) is 18.9 Å². The number of carbonyl (C=O) groups excluding carboxylic acids is 3. The number of hydrogen-bond acceptors (Lipinski definition) is 9. The standard InChI is InChI=1S/C19H21FO5.C15H21NO6/c1-23-16-9-7-14(11-18(16)24-2)5-3-4-13-6-8-15(20)17(10-13)25-12-19(21)22;1-4-11(17)22-9-15(2,3)12(18)13(19)16-8-6-5-7-10(16)14(20)21/h6-11H,3-5,12H2,1-2H3,(H,21,22);4,10H,1,5-9H2,2-3H3,(H,20,21). The van der Waals surface area contributed by atoms with Gasteiger partial charge in [-0.1, -0.05) is 18.7 Å². The number of halogens is 1. The normalized spacial score (nSPS) is 14.1. The number of esters is 1. The van der Waals surface area contributed by atoms with Crippen LogP contribution in [0, 0.1) is 11.2 Å². The number of carboxylic acid groups (broad SMARTS) is 2. The highest BCUT2D eigenvalue weighted by atomic mass is 19.1. The number of aliphatic carboxylic acids is 2. The summed E-state index contributed by atoms with van der Waals surface area (Å²) in [6.45, 7) is 5.60. The number of ketones is 1. The molecule has 1 fully saturated rings. The van der Waals surface area contributed by atoms with Crippen molar-refractivity contribution in [3.05, 3.63) is 66.0 Å². The molecule has 256 valence electrons. The van der Waals surface area contributed by atoms with E-state index < -0.39 is 53.5 Å². The van der Waals surface area contributed by atoms with Crippen molar-refractivity contribution >= 4 is 29.6 Å². The average molecular weight is 660 g/mol.